The zero-order valence-corrected chi connectivity index (χ0v) is 13.7. The van der Waals surface area contributed by atoms with E-state index in [1.165, 1.54) is 16.8 Å². The molecule has 0 aliphatic rings. The number of hydrogen-bond donors (Lipinski definition) is 0. The minimum atomic E-state index is 0.820. The molecule has 0 unspecified atom stereocenters. The average Bonchev–Trinajstić information content (AvgIpc) is 2.96. The van der Waals surface area contributed by atoms with E-state index in [1.54, 1.807) is 0 Å². The summed E-state index contributed by atoms with van der Waals surface area (Å²) < 4.78 is 1.93. The van der Waals surface area contributed by atoms with Crippen molar-refractivity contribution in [2.75, 3.05) is 0 Å². The molecule has 1 aromatic carbocycles. The van der Waals surface area contributed by atoms with Crippen molar-refractivity contribution >= 4 is 0 Å². The van der Waals surface area contributed by atoms with Crippen LogP contribution in [-0.2, 0) is 26.7 Å². The Kier molecular flexibility index (Phi) is 4.83. The molecule has 0 bridgehead atoms. The SMILES string of the molecule is Cc1ccccc1CN(Cc1ccccn1)Cc1ccnn1C. The van der Waals surface area contributed by atoms with Gasteiger partial charge >= 0.3 is 0 Å². The molecule has 0 atom stereocenters. The third-order valence-electron chi connectivity index (χ3n) is 4.08. The maximum Gasteiger partial charge on any atom is 0.0544 e. The van der Waals surface area contributed by atoms with Crippen molar-refractivity contribution in [2.45, 2.75) is 26.6 Å². The van der Waals surface area contributed by atoms with Gasteiger partial charge in [-0.2, -0.15) is 5.10 Å². The molecule has 4 nitrogen and oxygen atoms in total. The van der Waals surface area contributed by atoms with Crippen molar-refractivity contribution in [3.05, 3.63) is 83.4 Å². The van der Waals surface area contributed by atoms with Crippen LogP contribution in [0.2, 0.25) is 0 Å². The lowest BCUT2D eigenvalue weighted by Gasteiger charge is -2.23. The summed E-state index contributed by atoms with van der Waals surface area (Å²) in [6, 6.07) is 16.7. The molecule has 0 aliphatic heterocycles. The molecule has 0 spiro atoms. The number of aromatic nitrogens is 3. The molecule has 2 aromatic heterocycles. The standard InChI is InChI=1S/C19H22N4/c1-16-7-3-4-8-17(16)13-23(14-18-9-5-6-11-20-18)15-19-10-12-21-22(19)2/h3-12H,13-15H2,1-2H3. The van der Waals surface area contributed by atoms with Gasteiger partial charge in [-0.15, -0.1) is 0 Å². The summed E-state index contributed by atoms with van der Waals surface area (Å²) in [6.45, 7) is 4.73. The van der Waals surface area contributed by atoms with Crippen molar-refractivity contribution in [1.82, 2.24) is 19.7 Å². The lowest BCUT2D eigenvalue weighted by atomic mass is 10.1. The van der Waals surface area contributed by atoms with E-state index in [9.17, 15) is 0 Å². The largest absolute Gasteiger partial charge is 0.287 e. The first-order valence-electron chi connectivity index (χ1n) is 7.86. The number of rotatable bonds is 6. The summed E-state index contributed by atoms with van der Waals surface area (Å²) in [5.74, 6) is 0. The number of benzene rings is 1. The Labute approximate surface area is 137 Å². The molecular weight excluding hydrogens is 284 g/mol. The Balaban J connectivity index is 1.81. The number of hydrogen-bond acceptors (Lipinski definition) is 3. The van der Waals surface area contributed by atoms with E-state index in [0.717, 1.165) is 25.3 Å². The summed E-state index contributed by atoms with van der Waals surface area (Å²) >= 11 is 0. The highest BCUT2D eigenvalue weighted by molar-refractivity contribution is 5.25. The van der Waals surface area contributed by atoms with Gasteiger partial charge < -0.3 is 0 Å². The van der Waals surface area contributed by atoms with Gasteiger partial charge in [0.15, 0.2) is 0 Å². The van der Waals surface area contributed by atoms with Gasteiger partial charge in [-0.1, -0.05) is 30.3 Å². The van der Waals surface area contributed by atoms with Crippen LogP contribution in [0.1, 0.15) is 22.5 Å². The van der Waals surface area contributed by atoms with Gasteiger partial charge in [0.2, 0.25) is 0 Å². The highest BCUT2D eigenvalue weighted by Crippen LogP contribution is 2.15. The summed E-state index contributed by atoms with van der Waals surface area (Å²) in [5, 5.41) is 4.28. The van der Waals surface area contributed by atoms with E-state index in [4.69, 9.17) is 0 Å². The number of aryl methyl sites for hydroxylation is 2. The second-order valence-corrected chi connectivity index (χ2v) is 5.84. The second kappa shape index (κ2) is 7.20. The molecule has 118 valence electrons. The van der Waals surface area contributed by atoms with E-state index >= 15 is 0 Å². The minimum absolute atomic E-state index is 0.820. The fraction of sp³-hybridized carbons (Fsp3) is 0.263. The van der Waals surface area contributed by atoms with Crippen LogP contribution in [0.25, 0.3) is 0 Å². The summed E-state index contributed by atoms with van der Waals surface area (Å²) in [5.41, 5.74) is 4.96. The van der Waals surface area contributed by atoms with Crippen molar-refractivity contribution in [2.24, 2.45) is 7.05 Å². The molecule has 0 N–H and O–H groups in total. The van der Waals surface area contributed by atoms with Crippen LogP contribution in [0.4, 0.5) is 0 Å². The molecule has 23 heavy (non-hydrogen) atoms. The van der Waals surface area contributed by atoms with Crippen LogP contribution in [0.3, 0.4) is 0 Å². The smallest absolute Gasteiger partial charge is 0.0544 e. The van der Waals surface area contributed by atoms with Crippen LogP contribution in [0, 0.1) is 6.92 Å². The molecular formula is C19H22N4. The Hall–Kier alpha value is -2.46. The minimum Gasteiger partial charge on any atom is -0.287 e. The van der Waals surface area contributed by atoms with Crippen LogP contribution >= 0.6 is 0 Å². The molecule has 3 rings (SSSR count). The first-order chi connectivity index (χ1) is 11.2. The van der Waals surface area contributed by atoms with Gasteiger partial charge in [-0.25, -0.2) is 0 Å². The van der Waals surface area contributed by atoms with Crippen molar-refractivity contribution < 1.29 is 0 Å². The molecule has 0 radical (unpaired) electrons. The van der Waals surface area contributed by atoms with E-state index in [2.05, 4.69) is 58.3 Å². The highest BCUT2D eigenvalue weighted by Gasteiger charge is 2.12. The quantitative estimate of drug-likeness (QED) is 0.700. The Morgan fingerprint density at radius 2 is 1.74 bits per heavy atom. The maximum absolute atomic E-state index is 4.47. The molecule has 2 heterocycles. The molecule has 0 fully saturated rings. The number of nitrogens with zero attached hydrogens (tertiary/aromatic N) is 4. The lowest BCUT2D eigenvalue weighted by molar-refractivity contribution is 0.237. The summed E-state index contributed by atoms with van der Waals surface area (Å²) in [7, 11) is 1.99. The van der Waals surface area contributed by atoms with Crippen LogP contribution < -0.4 is 0 Å². The summed E-state index contributed by atoms with van der Waals surface area (Å²) in [6.07, 6.45) is 3.70. The Morgan fingerprint density at radius 3 is 2.43 bits per heavy atom. The predicted octanol–water partition coefficient (Wildman–Crippen LogP) is 3.33. The van der Waals surface area contributed by atoms with Gasteiger partial charge in [0.1, 0.15) is 0 Å². The molecule has 0 saturated carbocycles. The first kappa shape index (κ1) is 15.4. The molecule has 4 heteroatoms. The van der Waals surface area contributed by atoms with Gasteiger partial charge in [-0.3, -0.25) is 14.6 Å². The Morgan fingerprint density at radius 1 is 0.913 bits per heavy atom. The van der Waals surface area contributed by atoms with Crippen molar-refractivity contribution in [3.8, 4) is 0 Å². The summed E-state index contributed by atoms with van der Waals surface area (Å²) in [4.78, 5) is 6.87. The molecule has 0 amide bonds. The fourth-order valence-corrected chi connectivity index (χ4v) is 2.70. The van der Waals surface area contributed by atoms with Crippen molar-refractivity contribution in [3.63, 3.8) is 0 Å². The van der Waals surface area contributed by atoms with Crippen LogP contribution in [-0.4, -0.2) is 19.7 Å². The molecule has 3 aromatic rings. The monoisotopic (exact) mass is 306 g/mol. The fourth-order valence-electron chi connectivity index (χ4n) is 2.70. The van der Waals surface area contributed by atoms with Gasteiger partial charge in [-0.05, 0) is 36.2 Å². The number of pyridine rings is 1. The van der Waals surface area contributed by atoms with E-state index in [-0.39, 0.29) is 0 Å². The molecule has 0 saturated heterocycles. The van der Waals surface area contributed by atoms with E-state index in [1.807, 2.05) is 36.3 Å². The molecule has 0 aliphatic carbocycles. The zero-order chi connectivity index (χ0) is 16.1. The zero-order valence-electron chi connectivity index (χ0n) is 13.7. The van der Waals surface area contributed by atoms with E-state index < -0.39 is 0 Å². The lowest BCUT2D eigenvalue weighted by Crippen LogP contribution is -2.24. The third-order valence-corrected chi connectivity index (χ3v) is 4.08. The highest BCUT2D eigenvalue weighted by atomic mass is 15.3. The maximum atomic E-state index is 4.47. The average molecular weight is 306 g/mol. The second-order valence-electron chi connectivity index (χ2n) is 5.84. The van der Waals surface area contributed by atoms with E-state index in [0.29, 0.717) is 0 Å². The van der Waals surface area contributed by atoms with Gasteiger partial charge in [0.05, 0.1) is 11.4 Å². The van der Waals surface area contributed by atoms with Gasteiger partial charge in [0, 0.05) is 39.1 Å². The third kappa shape index (κ3) is 4.05. The predicted molar refractivity (Wildman–Crippen MR) is 91.6 cm³/mol. The van der Waals surface area contributed by atoms with Crippen LogP contribution in [0.5, 0.6) is 0 Å². The Bertz CT molecular complexity index is 749. The topological polar surface area (TPSA) is 34.0 Å². The van der Waals surface area contributed by atoms with Crippen LogP contribution in [0.15, 0.2) is 60.9 Å². The van der Waals surface area contributed by atoms with Gasteiger partial charge in [0.25, 0.3) is 0 Å². The normalized spacial score (nSPS) is 11.1. The van der Waals surface area contributed by atoms with Crippen molar-refractivity contribution in [1.29, 1.82) is 0 Å². The first-order valence-corrected chi connectivity index (χ1v) is 7.86.